The Morgan fingerprint density at radius 3 is 2.48 bits per heavy atom. The van der Waals surface area contributed by atoms with Crippen molar-refractivity contribution in [3.05, 3.63) is 24.3 Å². The molecule has 0 spiro atoms. The Kier molecular flexibility index (Phi) is 8.12. The van der Waals surface area contributed by atoms with Crippen LogP contribution in [0.15, 0.2) is 24.3 Å². The molecule has 120 valence electrons. The third kappa shape index (κ3) is 7.32. The SMILES string of the molecule is COc1ccccc1OCCN(C)C[C@H](O)COC(C)C. The smallest absolute Gasteiger partial charge is 0.161 e. The molecule has 5 nitrogen and oxygen atoms in total. The van der Waals surface area contributed by atoms with Crippen LogP contribution in [0, 0.1) is 0 Å². The molecule has 0 saturated carbocycles. The summed E-state index contributed by atoms with van der Waals surface area (Å²) in [6.07, 6.45) is -0.345. The Morgan fingerprint density at radius 2 is 1.86 bits per heavy atom. The molecule has 0 fully saturated rings. The fourth-order valence-electron chi connectivity index (χ4n) is 1.86. The van der Waals surface area contributed by atoms with E-state index in [1.54, 1.807) is 7.11 Å². The molecular weight excluding hydrogens is 270 g/mol. The van der Waals surface area contributed by atoms with Crippen molar-refractivity contribution >= 4 is 0 Å². The van der Waals surface area contributed by atoms with E-state index in [4.69, 9.17) is 14.2 Å². The summed E-state index contributed by atoms with van der Waals surface area (Å²) >= 11 is 0. The summed E-state index contributed by atoms with van der Waals surface area (Å²) in [5.41, 5.74) is 0. The molecule has 0 aromatic heterocycles. The Balaban J connectivity index is 2.25. The second-order valence-corrected chi connectivity index (χ2v) is 5.30. The molecular formula is C16H27NO4. The highest BCUT2D eigenvalue weighted by atomic mass is 16.5. The van der Waals surface area contributed by atoms with Crippen molar-refractivity contribution in [1.82, 2.24) is 4.90 Å². The second-order valence-electron chi connectivity index (χ2n) is 5.30. The van der Waals surface area contributed by atoms with Gasteiger partial charge in [0.1, 0.15) is 6.61 Å². The molecule has 21 heavy (non-hydrogen) atoms. The lowest BCUT2D eigenvalue weighted by atomic mass is 10.3. The molecule has 0 amide bonds. The second kappa shape index (κ2) is 9.60. The average molecular weight is 297 g/mol. The standard InChI is InChI=1S/C16H27NO4/c1-13(2)21-12-14(18)11-17(3)9-10-20-16-8-6-5-7-15(16)19-4/h5-8,13-14,18H,9-12H2,1-4H3/t14-/m0/s1. The highest BCUT2D eigenvalue weighted by molar-refractivity contribution is 5.39. The van der Waals surface area contributed by atoms with E-state index in [1.165, 1.54) is 0 Å². The van der Waals surface area contributed by atoms with E-state index in [0.29, 0.717) is 19.8 Å². The van der Waals surface area contributed by atoms with Gasteiger partial charge >= 0.3 is 0 Å². The van der Waals surface area contributed by atoms with Crippen LogP contribution < -0.4 is 9.47 Å². The molecule has 1 N–H and O–H groups in total. The van der Waals surface area contributed by atoms with Crippen LogP contribution in [0.3, 0.4) is 0 Å². The summed E-state index contributed by atoms with van der Waals surface area (Å²) in [6, 6.07) is 7.56. The Labute approximate surface area is 127 Å². The van der Waals surface area contributed by atoms with E-state index in [2.05, 4.69) is 0 Å². The minimum Gasteiger partial charge on any atom is -0.493 e. The van der Waals surface area contributed by atoms with Crippen molar-refractivity contribution in [2.75, 3.05) is 40.5 Å². The molecule has 0 aliphatic carbocycles. The first kappa shape index (κ1) is 17.8. The lowest BCUT2D eigenvalue weighted by molar-refractivity contribution is -0.00651. The van der Waals surface area contributed by atoms with E-state index >= 15 is 0 Å². The zero-order valence-electron chi connectivity index (χ0n) is 13.4. The maximum Gasteiger partial charge on any atom is 0.161 e. The number of rotatable bonds is 10. The van der Waals surface area contributed by atoms with Crippen molar-refractivity contribution in [2.45, 2.75) is 26.1 Å². The van der Waals surface area contributed by atoms with Gasteiger partial charge in [0, 0.05) is 13.1 Å². The molecule has 0 saturated heterocycles. The molecule has 1 aromatic carbocycles. The van der Waals surface area contributed by atoms with E-state index in [9.17, 15) is 5.11 Å². The van der Waals surface area contributed by atoms with Gasteiger partial charge in [-0.25, -0.2) is 0 Å². The highest BCUT2D eigenvalue weighted by Gasteiger charge is 2.10. The van der Waals surface area contributed by atoms with Crippen molar-refractivity contribution in [3.63, 3.8) is 0 Å². The van der Waals surface area contributed by atoms with Crippen LogP contribution in [0.4, 0.5) is 0 Å². The van der Waals surface area contributed by atoms with Crippen LogP contribution >= 0.6 is 0 Å². The first-order chi connectivity index (χ1) is 10.0. The summed E-state index contributed by atoms with van der Waals surface area (Å²) < 4.78 is 16.3. The van der Waals surface area contributed by atoms with Gasteiger partial charge in [-0.3, -0.25) is 0 Å². The maximum absolute atomic E-state index is 9.84. The van der Waals surface area contributed by atoms with Gasteiger partial charge < -0.3 is 24.2 Å². The Bertz CT molecular complexity index is 398. The normalized spacial score (nSPS) is 12.7. The predicted molar refractivity (Wildman–Crippen MR) is 83.1 cm³/mol. The van der Waals surface area contributed by atoms with Crippen molar-refractivity contribution in [2.24, 2.45) is 0 Å². The number of nitrogens with zero attached hydrogens (tertiary/aromatic N) is 1. The molecule has 0 radical (unpaired) electrons. The van der Waals surface area contributed by atoms with Gasteiger partial charge in [0.05, 0.1) is 25.9 Å². The molecule has 0 heterocycles. The molecule has 0 unspecified atom stereocenters. The molecule has 1 aromatic rings. The van der Waals surface area contributed by atoms with E-state index < -0.39 is 6.10 Å². The lowest BCUT2D eigenvalue weighted by Crippen LogP contribution is -2.35. The van der Waals surface area contributed by atoms with Crippen molar-refractivity contribution in [1.29, 1.82) is 0 Å². The maximum atomic E-state index is 9.84. The molecule has 0 aliphatic heterocycles. The van der Waals surface area contributed by atoms with Gasteiger partial charge in [0.25, 0.3) is 0 Å². The number of benzene rings is 1. The quantitative estimate of drug-likeness (QED) is 0.713. The molecule has 0 aliphatic rings. The van der Waals surface area contributed by atoms with Gasteiger partial charge in [-0.1, -0.05) is 12.1 Å². The number of para-hydroxylation sites is 2. The van der Waals surface area contributed by atoms with Crippen LogP contribution in [0.25, 0.3) is 0 Å². The number of methoxy groups -OCH3 is 1. The van der Waals surface area contributed by atoms with E-state index in [-0.39, 0.29) is 6.10 Å². The number of hydrogen-bond donors (Lipinski definition) is 1. The summed E-state index contributed by atoms with van der Waals surface area (Å²) in [5.74, 6) is 1.46. The van der Waals surface area contributed by atoms with Gasteiger partial charge in [-0.15, -0.1) is 0 Å². The number of hydrogen-bond acceptors (Lipinski definition) is 5. The summed E-state index contributed by atoms with van der Waals surface area (Å²) in [6.45, 7) is 6.08. The largest absolute Gasteiger partial charge is 0.493 e. The highest BCUT2D eigenvalue weighted by Crippen LogP contribution is 2.25. The van der Waals surface area contributed by atoms with E-state index in [1.807, 2.05) is 50.1 Å². The van der Waals surface area contributed by atoms with Crippen LogP contribution in [-0.4, -0.2) is 62.7 Å². The average Bonchev–Trinajstić information content (AvgIpc) is 2.45. The number of ether oxygens (including phenoxy) is 3. The van der Waals surface area contributed by atoms with Crippen LogP contribution in [-0.2, 0) is 4.74 Å². The van der Waals surface area contributed by atoms with Crippen molar-refractivity contribution in [3.8, 4) is 11.5 Å². The minimum absolute atomic E-state index is 0.138. The third-order valence-corrected chi connectivity index (χ3v) is 2.94. The molecule has 5 heteroatoms. The fourth-order valence-corrected chi connectivity index (χ4v) is 1.86. The number of likely N-dealkylation sites (N-methyl/N-ethyl adjacent to an activating group) is 1. The third-order valence-electron chi connectivity index (χ3n) is 2.94. The van der Waals surface area contributed by atoms with Crippen molar-refractivity contribution < 1.29 is 19.3 Å². The molecule has 1 atom stereocenters. The monoisotopic (exact) mass is 297 g/mol. The number of aliphatic hydroxyl groups is 1. The Morgan fingerprint density at radius 1 is 1.19 bits per heavy atom. The summed E-state index contributed by atoms with van der Waals surface area (Å²) in [4.78, 5) is 2.02. The van der Waals surface area contributed by atoms with Crippen LogP contribution in [0.1, 0.15) is 13.8 Å². The minimum atomic E-state index is -0.483. The van der Waals surface area contributed by atoms with Crippen LogP contribution in [0.2, 0.25) is 0 Å². The summed E-state index contributed by atoms with van der Waals surface area (Å²) in [5, 5.41) is 9.84. The zero-order chi connectivity index (χ0) is 15.7. The predicted octanol–water partition coefficient (Wildman–Crippen LogP) is 1.79. The zero-order valence-corrected chi connectivity index (χ0v) is 13.4. The van der Waals surface area contributed by atoms with Crippen LogP contribution in [0.5, 0.6) is 11.5 Å². The van der Waals surface area contributed by atoms with Gasteiger partial charge in [-0.05, 0) is 33.0 Å². The topological polar surface area (TPSA) is 51.2 Å². The molecule has 1 rings (SSSR count). The first-order valence-corrected chi connectivity index (χ1v) is 7.27. The van der Waals surface area contributed by atoms with Gasteiger partial charge in [0.2, 0.25) is 0 Å². The lowest BCUT2D eigenvalue weighted by Gasteiger charge is -2.21. The fraction of sp³-hybridized carbons (Fsp3) is 0.625. The number of aliphatic hydroxyl groups excluding tert-OH is 1. The first-order valence-electron chi connectivity index (χ1n) is 7.27. The molecule has 0 bridgehead atoms. The van der Waals surface area contributed by atoms with Gasteiger partial charge in [0.15, 0.2) is 11.5 Å². The Hall–Kier alpha value is -1.30. The van der Waals surface area contributed by atoms with Gasteiger partial charge in [-0.2, -0.15) is 0 Å². The van der Waals surface area contributed by atoms with E-state index in [0.717, 1.165) is 18.0 Å². The summed E-state index contributed by atoms with van der Waals surface area (Å²) in [7, 11) is 3.57.